The van der Waals surface area contributed by atoms with Crippen LogP contribution in [0.4, 0.5) is 0 Å². The Bertz CT molecular complexity index is 385. The molecule has 1 aliphatic rings. The van der Waals surface area contributed by atoms with Gasteiger partial charge in [0.05, 0.1) is 12.2 Å². The number of nitrogens with two attached hydrogens (primary N) is 1. The largest absolute Gasteiger partial charge is 0.326 e. The molecule has 0 saturated carbocycles. The maximum absolute atomic E-state index is 11.0. The molecule has 88 valence electrons. The number of rotatable bonds is 3. The van der Waals surface area contributed by atoms with E-state index in [1.54, 1.807) is 4.79 Å². The van der Waals surface area contributed by atoms with E-state index in [2.05, 4.69) is 18.9 Å². The zero-order valence-electron chi connectivity index (χ0n) is 9.76. The first kappa shape index (κ1) is 11.1. The molecule has 0 spiro atoms. The van der Waals surface area contributed by atoms with Crippen LogP contribution in [0.3, 0.4) is 0 Å². The minimum atomic E-state index is 0.186. The second-order valence-electron chi connectivity index (χ2n) is 4.62. The number of hydrogen-bond donors (Lipinski definition) is 1. The number of aromatic nitrogens is 2. The Morgan fingerprint density at radius 2 is 2.38 bits per heavy atom. The van der Waals surface area contributed by atoms with E-state index in [-0.39, 0.29) is 6.04 Å². The highest BCUT2D eigenvalue weighted by atomic mass is 16.1. The Balaban J connectivity index is 2.28. The molecule has 5 nitrogen and oxygen atoms in total. The summed E-state index contributed by atoms with van der Waals surface area (Å²) < 4.78 is 0. The van der Waals surface area contributed by atoms with Crippen LogP contribution in [0.1, 0.15) is 42.4 Å². The predicted octanol–water partition coefficient (Wildman–Crippen LogP) is 0.488. The fourth-order valence-corrected chi connectivity index (χ4v) is 1.94. The SMILES string of the molecule is CC(C)c1cc(C=O)n(N2CCC(N)C2)n1. The number of aldehydes is 1. The highest BCUT2D eigenvalue weighted by Gasteiger charge is 2.22. The van der Waals surface area contributed by atoms with Gasteiger partial charge in [-0.1, -0.05) is 13.8 Å². The van der Waals surface area contributed by atoms with Crippen molar-refractivity contribution in [1.29, 1.82) is 0 Å². The van der Waals surface area contributed by atoms with Gasteiger partial charge in [-0.2, -0.15) is 9.89 Å². The van der Waals surface area contributed by atoms with Crippen molar-refractivity contribution in [1.82, 2.24) is 9.89 Å². The average molecular weight is 222 g/mol. The third kappa shape index (κ3) is 1.95. The van der Waals surface area contributed by atoms with E-state index in [1.165, 1.54) is 0 Å². The molecule has 1 fully saturated rings. The summed E-state index contributed by atoms with van der Waals surface area (Å²) in [6, 6.07) is 2.04. The van der Waals surface area contributed by atoms with Crippen molar-refractivity contribution < 1.29 is 4.79 Å². The lowest BCUT2D eigenvalue weighted by molar-refractivity contribution is 0.111. The van der Waals surface area contributed by atoms with Crippen LogP contribution in [0, 0.1) is 0 Å². The lowest BCUT2D eigenvalue weighted by Gasteiger charge is -2.19. The first-order valence-electron chi connectivity index (χ1n) is 5.67. The summed E-state index contributed by atoms with van der Waals surface area (Å²) in [4.78, 5) is 12.7. The van der Waals surface area contributed by atoms with Gasteiger partial charge in [0.25, 0.3) is 0 Å². The van der Waals surface area contributed by atoms with Gasteiger partial charge in [-0.25, -0.2) is 0 Å². The summed E-state index contributed by atoms with van der Waals surface area (Å²) in [6.45, 7) is 5.76. The highest BCUT2D eigenvalue weighted by Crippen LogP contribution is 2.15. The molecule has 16 heavy (non-hydrogen) atoms. The van der Waals surface area contributed by atoms with Gasteiger partial charge in [0.15, 0.2) is 6.29 Å². The Morgan fingerprint density at radius 1 is 1.62 bits per heavy atom. The molecule has 0 aromatic carbocycles. The summed E-state index contributed by atoms with van der Waals surface area (Å²) >= 11 is 0. The third-order valence-corrected chi connectivity index (χ3v) is 2.92. The lowest BCUT2D eigenvalue weighted by Crippen LogP contribution is -2.37. The van der Waals surface area contributed by atoms with Crippen molar-refractivity contribution in [3.8, 4) is 0 Å². The van der Waals surface area contributed by atoms with Gasteiger partial charge in [-0.15, -0.1) is 0 Å². The number of nitrogens with zero attached hydrogens (tertiary/aromatic N) is 3. The van der Waals surface area contributed by atoms with Crippen LogP contribution in [0.2, 0.25) is 0 Å². The van der Waals surface area contributed by atoms with E-state index in [9.17, 15) is 4.79 Å². The molecule has 2 heterocycles. The molecule has 1 aromatic rings. The van der Waals surface area contributed by atoms with Gasteiger partial charge in [0, 0.05) is 12.6 Å². The van der Waals surface area contributed by atoms with E-state index < -0.39 is 0 Å². The second-order valence-corrected chi connectivity index (χ2v) is 4.62. The van der Waals surface area contributed by atoms with Crippen LogP contribution < -0.4 is 10.7 Å². The summed E-state index contributed by atoms with van der Waals surface area (Å²) in [5.74, 6) is 0.330. The first-order chi connectivity index (χ1) is 7.61. The molecule has 0 aliphatic carbocycles. The Labute approximate surface area is 95.2 Å². The van der Waals surface area contributed by atoms with Crippen LogP contribution in [0.25, 0.3) is 0 Å². The predicted molar refractivity (Wildman–Crippen MR) is 62.2 cm³/mol. The smallest absolute Gasteiger partial charge is 0.170 e. The van der Waals surface area contributed by atoms with Gasteiger partial charge in [-0.05, 0) is 18.4 Å². The van der Waals surface area contributed by atoms with Crippen LogP contribution in [-0.2, 0) is 0 Å². The van der Waals surface area contributed by atoms with E-state index in [0.29, 0.717) is 11.6 Å². The normalized spacial score (nSPS) is 20.8. The van der Waals surface area contributed by atoms with Crippen molar-refractivity contribution in [2.45, 2.75) is 32.2 Å². The Kier molecular flexibility index (Phi) is 2.96. The standard InChI is InChI=1S/C11H18N4O/c1-8(2)11-5-10(7-16)15(13-11)14-4-3-9(12)6-14/h5,7-9H,3-4,6,12H2,1-2H3. The topological polar surface area (TPSA) is 64.2 Å². The van der Waals surface area contributed by atoms with Crippen molar-refractivity contribution in [2.24, 2.45) is 5.73 Å². The summed E-state index contributed by atoms with van der Waals surface area (Å²) in [5.41, 5.74) is 7.41. The molecule has 0 amide bonds. The van der Waals surface area contributed by atoms with E-state index in [0.717, 1.165) is 31.5 Å². The summed E-state index contributed by atoms with van der Waals surface area (Å²) in [5, 5.41) is 6.48. The summed E-state index contributed by atoms with van der Waals surface area (Å²) in [7, 11) is 0. The molecule has 1 unspecified atom stereocenters. The first-order valence-corrected chi connectivity index (χ1v) is 5.67. The molecule has 1 aliphatic heterocycles. The maximum Gasteiger partial charge on any atom is 0.170 e. The molecule has 2 rings (SSSR count). The van der Waals surface area contributed by atoms with Gasteiger partial charge in [0.1, 0.15) is 5.69 Å². The summed E-state index contributed by atoms with van der Waals surface area (Å²) in [6.07, 6.45) is 1.80. The average Bonchev–Trinajstić information content (AvgIpc) is 2.82. The maximum atomic E-state index is 11.0. The van der Waals surface area contributed by atoms with Gasteiger partial charge >= 0.3 is 0 Å². The van der Waals surface area contributed by atoms with Crippen LogP contribution >= 0.6 is 0 Å². The number of carbonyl (C=O) groups is 1. The molecule has 2 N–H and O–H groups in total. The lowest BCUT2D eigenvalue weighted by atomic mass is 10.1. The molecule has 5 heteroatoms. The Hall–Kier alpha value is -1.36. The number of hydrogen-bond acceptors (Lipinski definition) is 4. The fraction of sp³-hybridized carbons (Fsp3) is 0.636. The highest BCUT2D eigenvalue weighted by molar-refractivity contribution is 5.72. The second kappa shape index (κ2) is 4.25. The molecule has 1 aromatic heterocycles. The van der Waals surface area contributed by atoms with Crippen LogP contribution in [0.15, 0.2) is 6.07 Å². The van der Waals surface area contributed by atoms with Crippen molar-refractivity contribution >= 4 is 6.29 Å². The van der Waals surface area contributed by atoms with E-state index in [4.69, 9.17) is 5.73 Å². The van der Waals surface area contributed by atoms with Gasteiger partial charge in [0.2, 0.25) is 0 Å². The van der Waals surface area contributed by atoms with E-state index >= 15 is 0 Å². The zero-order chi connectivity index (χ0) is 11.7. The van der Waals surface area contributed by atoms with Crippen molar-refractivity contribution in [3.63, 3.8) is 0 Å². The number of carbonyl (C=O) groups excluding carboxylic acids is 1. The quantitative estimate of drug-likeness (QED) is 0.756. The van der Waals surface area contributed by atoms with Crippen molar-refractivity contribution in [3.05, 3.63) is 17.5 Å². The van der Waals surface area contributed by atoms with Gasteiger partial charge < -0.3 is 5.73 Å². The molecular weight excluding hydrogens is 204 g/mol. The fourth-order valence-electron chi connectivity index (χ4n) is 1.94. The third-order valence-electron chi connectivity index (χ3n) is 2.92. The molecule has 0 radical (unpaired) electrons. The van der Waals surface area contributed by atoms with Gasteiger partial charge in [-0.3, -0.25) is 9.80 Å². The van der Waals surface area contributed by atoms with Crippen LogP contribution in [-0.4, -0.2) is 35.3 Å². The minimum absolute atomic E-state index is 0.186. The minimum Gasteiger partial charge on any atom is -0.326 e. The van der Waals surface area contributed by atoms with E-state index in [1.807, 2.05) is 11.1 Å². The zero-order valence-corrected chi connectivity index (χ0v) is 9.76. The molecule has 1 saturated heterocycles. The molecular formula is C11H18N4O. The van der Waals surface area contributed by atoms with Crippen molar-refractivity contribution in [2.75, 3.05) is 18.1 Å². The Morgan fingerprint density at radius 3 is 2.88 bits per heavy atom. The monoisotopic (exact) mass is 222 g/mol. The van der Waals surface area contributed by atoms with Crippen LogP contribution in [0.5, 0.6) is 0 Å². The molecule has 1 atom stereocenters. The molecule has 0 bridgehead atoms.